The van der Waals surface area contributed by atoms with Crippen LogP contribution in [0.5, 0.6) is 0 Å². The van der Waals surface area contributed by atoms with Crippen molar-refractivity contribution in [2.45, 2.75) is 6.92 Å². The second-order valence-corrected chi connectivity index (χ2v) is 12.4. The summed E-state index contributed by atoms with van der Waals surface area (Å²) in [6.07, 6.45) is 0. The van der Waals surface area contributed by atoms with Crippen molar-refractivity contribution in [2.24, 2.45) is 0 Å². The lowest BCUT2D eigenvalue weighted by Gasteiger charge is -2.19. The maximum absolute atomic E-state index is 14.5. The summed E-state index contributed by atoms with van der Waals surface area (Å²) in [5, 5.41) is 14.9. The van der Waals surface area contributed by atoms with E-state index in [-0.39, 0.29) is 17.3 Å². The van der Waals surface area contributed by atoms with E-state index in [4.69, 9.17) is 0 Å². The molecule has 1 N–H and O–H groups in total. The van der Waals surface area contributed by atoms with Crippen molar-refractivity contribution in [3.05, 3.63) is 180 Å². The molecule has 8 rings (SSSR count). The fourth-order valence-electron chi connectivity index (χ4n) is 7.16. The molecule has 0 aliphatic rings. The van der Waals surface area contributed by atoms with Crippen LogP contribution in [0, 0.1) is 11.3 Å². The molecule has 0 fully saturated rings. The quantitative estimate of drug-likeness (QED) is 0.173. The lowest BCUT2D eigenvalue weighted by Crippen LogP contribution is -2.18. The average molecular weight is 658 g/mol. The number of carbonyl (C=O) groups excluding carboxylic acids is 2. The molecule has 5 heteroatoms. The summed E-state index contributed by atoms with van der Waals surface area (Å²) >= 11 is 0. The van der Waals surface area contributed by atoms with Crippen molar-refractivity contribution in [3.8, 4) is 45.1 Å². The maximum atomic E-state index is 14.5. The van der Waals surface area contributed by atoms with Crippen molar-refractivity contribution < 1.29 is 9.59 Å². The topological polar surface area (TPSA) is 74.9 Å². The molecule has 0 saturated heterocycles. The van der Waals surface area contributed by atoms with Crippen LogP contribution < -0.4 is 5.32 Å². The first-order valence-electron chi connectivity index (χ1n) is 16.8. The zero-order valence-electron chi connectivity index (χ0n) is 27.8. The molecular weight excluding hydrogens is 627 g/mol. The lowest BCUT2D eigenvalue weighted by molar-refractivity contribution is 0.0985. The lowest BCUT2D eigenvalue weighted by atomic mass is 9.92. The highest BCUT2D eigenvalue weighted by atomic mass is 16.2. The molecule has 242 valence electrons. The van der Waals surface area contributed by atoms with E-state index < -0.39 is 0 Å². The summed E-state index contributed by atoms with van der Waals surface area (Å²) < 4.78 is 2.08. The highest BCUT2D eigenvalue weighted by molar-refractivity contribution is 6.18. The van der Waals surface area contributed by atoms with Crippen molar-refractivity contribution in [1.29, 1.82) is 5.26 Å². The van der Waals surface area contributed by atoms with Gasteiger partial charge in [0.15, 0.2) is 5.78 Å². The predicted molar refractivity (Wildman–Crippen MR) is 206 cm³/mol. The van der Waals surface area contributed by atoms with Crippen molar-refractivity contribution >= 4 is 39.2 Å². The standard InChI is InChI=1S/C46H31N3O2/c1-30(50)43-39(46(51)48-40-25-12-21-35(32-15-4-2-5-16-32)44(40)33-17-6-3-7-18-33)24-13-27-42(43)49-41-26-9-8-20-37(41)38-23-11-22-36(45(38)49)34-19-10-14-31(28-34)29-47/h2-28H,1H3,(H,48,51). The number of benzene rings is 7. The first-order valence-corrected chi connectivity index (χ1v) is 16.8. The van der Waals surface area contributed by atoms with Crippen LogP contribution in [0.2, 0.25) is 0 Å². The third-order valence-corrected chi connectivity index (χ3v) is 9.34. The van der Waals surface area contributed by atoms with Crippen LogP contribution in [0.1, 0.15) is 33.2 Å². The first kappa shape index (κ1) is 31.3. The Morgan fingerprint density at radius 1 is 0.608 bits per heavy atom. The van der Waals surface area contributed by atoms with Gasteiger partial charge in [-0.1, -0.05) is 127 Å². The van der Waals surface area contributed by atoms with E-state index in [1.165, 1.54) is 6.92 Å². The van der Waals surface area contributed by atoms with Gasteiger partial charge in [0, 0.05) is 27.6 Å². The largest absolute Gasteiger partial charge is 0.321 e. The van der Waals surface area contributed by atoms with E-state index in [0.717, 1.165) is 55.2 Å². The fraction of sp³-hybridized carbons (Fsp3) is 0.0217. The SMILES string of the molecule is CC(=O)c1c(C(=O)Nc2cccc(-c3ccccc3)c2-c2ccccc2)cccc1-n1c2ccccc2c2cccc(-c3cccc(C#N)c3)c21. The van der Waals surface area contributed by atoms with Gasteiger partial charge in [0.1, 0.15) is 0 Å². The van der Waals surface area contributed by atoms with Crippen LogP contribution in [0.3, 0.4) is 0 Å². The Morgan fingerprint density at radius 3 is 2.00 bits per heavy atom. The highest BCUT2D eigenvalue weighted by Gasteiger charge is 2.25. The van der Waals surface area contributed by atoms with E-state index >= 15 is 0 Å². The minimum absolute atomic E-state index is 0.230. The number of hydrogen-bond acceptors (Lipinski definition) is 3. The summed E-state index contributed by atoms with van der Waals surface area (Å²) in [6.45, 7) is 1.51. The number of ketones is 1. The third-order valence-electron chi connectivity index (χ3n) is 9.34. The van der Waals surface area contributed by atoms with E-state index in [0.29, 0.717) is 22.5 Å². The maximum Gasteiger partial charge on any atom is 0.256 e. The van der Waals surface area contributed by atoms with Gasteiger partial charge in [-0.05, 0) is 65.6 Å². The number of carbonyl (C=O) groups is 2. The van der Waals surface area contributed by atoms with Gasteiger partial charge in [0.05, 0.1) is 39.5 Å². The highest BCUT2D eigenvalue weighted by Crippen LogP contribution is 2.41. The number of nitrogens with one attached hydrogen (secondary N) is 1. The van der Waals surface area contributed by atoms with E-state index in [9.17, 15) is 14.9 Å². The number of fused-ring (bicyclic) bond motifs is 3. The zero-order valence-corrected chi connectivity index (χ0v) is 27.8. The molecule has 0 aliphatic carbocycles. The first-order chi connectivity index (χ1) is 25.0. The van der Waals surface area contributed by atoms with Crippen LogP contribution >= 0.6 is 0 Å². The molecule has 51 heavy (non-hydrogen) atoms. The number of anilines is 1. The van der Waals surface area contributed by atoms with Crippen molar-refractivity contribution in [1.82, 2.24) is 4.57 Å². The van der Waals surface area contributed by atoms with Crippen LogP contribution in [0.25, 0.3) is 60.9 Å². The smallest absolute Gasteiger partial charge is 0.256 e. The minimum Gasteiger partial charge on any atom is -0.321 e. The molecule has 0 saturated carbocycles. The van der Waals surface area contributed by atoms with Gasteiger partial charge in [-0.25, -0.2) is 0 Å². The average Bonchev–Trinajstić information content (AvgIpc) is 3.52. The van der Waals surface area contributed by atoms with Crippen LogP contribution in [0.15, 0.2) is 164 Å². The Morgan fingerprint density at radius 2 is 1.24 bits per heavy atom. The molecule has 0 atom stereocenters. The van der Waals surface area contributed by atoms with Crippen LogP contribution in [-0.4, -0.2) is 16.3 Å². The number of hydrogen-bond donors (Lipinski definition) is 1. The summed E-state index contributed by atoms with van der Waals surface area (Å²) in [5.74, 6) is -0.612. The Labute approximate surface area is 295 Å². The fourth-order valence-corrected chi connectivity index (χ4v) is 7.16. The molecule has 1 aromatic heterocycles. The molecular formula is C46H31N3O2. The number of nitriles is 1. The number of rotatable bonds is 7. The molecule has 8 aromatic rings. The van der Waals surface area contributed by atoms with Gasteiger partial charge in [-0.2, -0.15) is 5.26 Å². The van der Waals surface area contributed by atoms with Gasteiger partial charge < -0.3 is 9.88 Å². The molecule has 0 spiro atoms. The number of aromatic nitrogens is 1. The Hall–Kier alpha value is -7.03. The zero-order chi connectivity index (χ0) is 34.9. The van der Waals surface area contributed by atoms with Crippen molar-refractivity contribution in [2.75, 3.05) is 5.32 Å². The molecule has 1 amide bonds. The molecule has 1 heterocycles. The number of Topliss-reactive ketones (excluding diaryl/α,β-unsaturated/α-hetero) is 1. The molecule has 0 unspecified atom stereocenters. The number of para-hydroxylation sites is 2. The van der Waals surface area contributed by atoms with Crippen molar-refractivity contribution in [3.63, 3.8) is 0 Å². The number of amides is 1. The van der Waals surface area contributed by atoms with Gasteiger partial charge in [0.2, 0.25) is 0 Å². The van der Waals surface area contributed by atoms with Gasteiger partial charge >= 0.3 is 0 Å². The summed E-state index contributed by atoms with van der Waals surface area (Å²) in [6, 6.07) is 55.4. The monoisotopic (exact) mass is 657 g/mol. The number of nitrogens with zero attached hydrogens (tertiary/aromatic N) is 2. The normalized spacial score (nSPS) is 11.0. The summed E-state index contributed by atoms with van der Waals surface area (Å²) in [4.78, 5) is 28.2. The summed E-state index contributed by atoms with van der Waals surface area (Å²) in [7, 11) is 0. The molecule has 7 aromatic carbocycles. The van der Waals surface area contributed by atoms with Gasteiger partial charge in [-0.3, -0.25) is 9.59 Å². The molecule has 0 radical (unpaired) electrons. The minimum atomic E-state index is -0.382. The van der Waals surface area contributed by atoms with Gasteiger partial charge in [-0.15, -0.1) is 0 Å². The Bertz CT molecular complexity index is 2670. The molecule has 5 nitrogen and oxygen atoms in total. The Balaban J connectivity index is 1.33. The predicted octanol–water partition coefficient (Wildman–Crippen LogP) is 11.1. The summed E-state index contributed by atoms with van der Waals surface area (Å²) in [5.41, 5.74) is 9.85. The van der Waals surface area contributed by atoms with Crippen LogP contribution in [0.4, 0.5) is 5.69 Å². The molecule has 0 aliphatic heterocycles. The van der Waals surface area contributed by atoms with E-state index in [1.54, 1.807) is 12.1 Å². The van der Waals surface area contributed by atoms with E-state index in [2.05, 4.69) is 46.3 Å². The third kappa shape index (κ3) is 5.55. The van der Waals surface area contributed by atoms with Gasteiger partial charge in [0.25, 0.3) is 5.91 Å². The molecule has 0 bridgehead atoms. The second-order valence-electron chi connectivity index (χ2n) is 12.4. The van der Waals surface area contributed by atoms with Crippen LogP contribution in [-0.2, 0) is 0 Å². The second kappa shape index (κ2) is 13.1. The Kier molecular flexibility index (Phi) is 8.04. The van der Waals surface area contributed by atoms with E-state index in [1.807, 2.05) is 121 Å².